The molecule has 0 aliphatic heterocycles. The van der Waals surface area contributed by atoms with Crippen molar-refractivity contribution in [2.75, 3.05) is 40.9 Å². The van der Waals surface area contributed by atoms with Gasteiger partial charge in [0.15, 0.2) is 0 Å². The first-order valence-electron chi connectivity index (χ1n) is 20.2. The molecule has 0 aliphatic rings. The SMILES string of the molecule is CCCCC/C=C\C/C=C\CCCCCCCC(=O)NC(COP(=O)(O)OCC[N+](C)(C)C)C(O)CCCCCCCCCCCCCC. The molecule has 0 rings (SSSR count). The second-order valence-electron chi connectivity index (χ2n) is 15.0. The number of aliphatic hydroxyl groups excluding tert-OH is 1. The lowest BCUT2D eigenvalue weighted by atomic mass is 10.0. The molecule has 1 amide bonds. The zero-order chi connectivity index (χ0) is 36.5. The third kappa shape index (κ3) is 35.2. The summed E-state index contributed by atoms with van der Waals surface area (Å²) in [5.74, 6) is -0.160. The molecule has 0 saturated carbocycles. The predicted octanol–water partition coefficient (Wildman–Crippen LogP) is 10.6. The summed E-state index contributed by atoms with van der Waals surface area (Å²) in [4.78, 5) is 23.0. The largest absolute Gasteiger partial charge is 0.472 e. The minimum atomic E-state index is -4.31. The van der Waals surface area contributed by atoms with E-state index in [4.69, 9.17) is 9.05 Å². The number of amides is 1. The smallest absolute Gasteiger partial charge is 0.391 e. The van der Waals surface area contributed by atoms with Crippen molar-refractivity contribution in [2.45, 2.75) is 187 Å². The Morgan fingerprint density at radius 1 is 0.694 bits per heavy atom. The first kappa shape index (κ1) is 48.0. The number of hydrogen-bond acceptors (Lipinski definition) is 5. The Kier molecular flexibility index (Phi) is 32.2. The highest BCUT2D eigenvalue weighted by atomic mass is 31.2. The van der Waals surface area contributed by atoms with Crippen molar-refractivity contribution in [1.29, 1.82) is 0 Å². The lowest BCUT2D eigenvalue weighted by Crippen LogP contribution is -2.46. The Balaban J connectivity index is 4.46. The highest BCUT2D eigenvalue weighted by Crippen LogP contribution is 2.43. The van der Waals surface area contributed by atoms with Gasteiger partial charge in [0.25, 0.3) is 0 Å². The zero-order valence-electron chi connectivity index (χ0n) is 32.7. The average Bonchev–Trinajstić information content (AvgIpc) is 3.04. The Morgan fingerprint density at radius 2 is 1.16 bits per heavy atom. The molecule has 0 aromatic rings. The van der Waals surface area contributed by atoms with E-state index in [2.05, 4.69) is 43.5 Å². The summed E-state index contributed by atoms with van der Waals surface area (Å²) in [6.45, 7) is 4.83. The second kappa shape index (κ2) is 32.9. The van der Waals surface area contributed by atoms with Crippen LogP contribution in [0.4, 0.5) is 0 Å². The number of phosphoric ester groups is 1. The Hall–Kier alpha value is -1.02. The fourth-order valence-electron chi connectivity index (χ4n) is 5.66. The number of allylic oxidation sites excluding steroid dienone is 4. The summed E-state index contributed by atoms with van der Waals surface area (Å²) >= 11 is 0. The number of hydrogen-bond donors (Lipinski definition) is 3. The normalized spacial score (nSPS) is 14.8. The number of aliphatic hydroxyl groups is 1. The molecule has 0 spiro atoms. The van der Waals surface area contributed by atoms with Gasteiger partial charge in [0.2, 0.25) is 5.91 Å². The molecule has 8 nitrogen and oxygen atoms in total. The fourth-order valence-corrected chi connectivity index (χ4v) is 6.40. The van der Waals surface area contributed by atoms with E-state index < -0.39 is 20.0 Å². The van der Waals surface area contributed by atoms with Crippen molar-refractivity contribution in [3.8, 4) is 0 Å². The number of nitrogens with one attached hydrogen (secondary N) is 1. The van der Waals surface area contributed by atoms with Crippen LogP contribution in [0, 0.1) is 0 Å². The molecule has 0 bridgehead atoms. The maximum atomic E-state index is 12.8. The lowest BCUT2D eigenvalue weighted by Gasteiger charge is -2.26. The molecule has 3 N–H and O–H groups in total. The van der Waals surface area contributed by atoms with Crippen LogP contribution in [0.2, 0.25) is 0 Å². The van der Waals surface area contributed by atoms with Crippen LogP contribution in [0.5, 0.6) is 0 Å². The van der Waals surface area contributed by atoms with E-state index in [1.165, 1.54) is 83.5 Å². The first-order chi connectivity index (χ1) is 23.5. The molecule has 0 heterocycles. The summed E-state index contributed by atoms with van der Waals surface area (Å²) in [5.41, 5.74) is 0. The molecule has 3 atom stereocenters. The van der Waals surface area contributed by atoms with E-state index >= 15 is 0 Å². The summed E-state index contributed by atoms with van der Waals surface area (Å²) in [7, 11) is 1.60. The van der Waals surface area contributed by atoms with Crippen LogP contribution < -0.4 is 5.32 Å². The summed E-state index contributed by atoms with van der Waals surface area (Å²) in [5, 5.41) is 13.9. The van der Waals surface area contributed by atoms with Crippen LogP contribution >= 0.6 is 7.82 Å². The molecule has 0 radical (unpaired) electrons. The van der Waals surface area contributed by atoms with Crippen LogP contribution in [0.3, 0.4) is 0 Å². The number of rotatable bonds is 36. The van der Waals surface area contributed by atoms with Gasteiger partial charge in [-0.25, -0.2) is 4.57 Å². The standard InChI is InChI=1S/C40H79N2O6P/c1-6-8-10-12-14-16-18-20-21-22-24-26-28-30-32-34-40(44)41-38(37-48-49(45,46)47-36-35-42(3,4)5)39(43)33-31-29-27-25-23-19-17-15-13-11-9-7-2/h14,16,20-21,38-39,43H,6-13,15,17-19,22-37H2,1-5H3,(H-,41,44,45,46)/p+1/b16-14-,21-20-. The molecule has 0 aliphatic carbocycles. The number of carbonyl (C=O) groups excluding carboxylic acids is 1. The number of nitrogens with zero attached hydrogens (tertiary/aromatic N) is 1. The van der Waals surface area contributed by atoms with Crippen molar-refractivity contribution >= 4 is 13.7 Å². The Bertz CT molecular complexity index is 860. The third-order valence-corrected chi connectivity index (χ3v) is 9.94. The van der Waals surface area contributed by atoms with Crippen LogP contribution in [0.25, 0.3) is 0 Å². The van der Waals surface area contributed by atoms with Crippen molar-refractivity contribution in [2.24, 2.45) is 0 Å². The minimum absolute atomic E-state index is 0.0720. The molecule has 0 fully saturated rings. The van der Waals surface area contributed by atoms with Gasteiger partial charge in [0.1, 0.15) is 13.2 Å². The van der Waals surface area contributed by atoms with Crippen LogP contribution in [-0.4, -0.2) is 73.4 Å². The first-order valence-corrected chi connectivity index (χ1v) is 21.7. The molecule has 0 aromatic carbocycles. The van der Waals surface area contributed by atoms with Crippen LogP contribution in [-0.2, 0) is 18.4 Å². The third-order valence-electron chi connectivity index (χ3n) is 8.95. The highest BCUT2D eigenvalue weighted by Gasteiger charge is 2.28. The molecule has 9 heteroatoms. The molecule has 0 saturated heterocycles. The van der Waals surface area contributed by atoms with Crippen molar-refractivity contribution < 1.29 is 32.9 Å². The van der Waals surface area contributed by atoms with Gasteiger partial charge in [-0.3, -0.25) is 13.8 Å². The number of unbranched alkanes of at least 4 members (excludes halogenated alkanes) is 19. The van der Waals surface area contributed by atoms with Gasteiger partial charge in [0.05, 0.1) is 39.9 Å². The summed E-state index contributed by atoms with van der Waals surface area (Å²) < 4.78 is 23.5. The van der Waals surface area contributed by atoms with E-state index in [0.717, 1.165) is 64.2 Å². The maximum Gasteiger partial charge on any atom is 0.472 e. The van der Waals surface area contributed by atoms with E-state index in [0.29, 0.717) is 23.9 Å². The molecule has 49 heavy (non-hydrogen) atoms. The topological polar surface area (TPSA) is 105 Å². The number of likely N-dealkylation sites (N-methyl/N-ethyl adjacent to an activating group) is 1. The zero-order valence-corrected chi connectivity index (χ0v) is 33.6. The fraction of sp³-hybridized carbons (Fsp3) is 0.875. The highest BCUT2D eigenvalue weighted by molar-refractivity contribution is 7.47. The second-order valence-corrected chi connectivity index (χ2v) is 16.5. The predicted molar refractivity (Wildman–Crippen MR) is 208 cm³/mol. The van der Waals surface area contributed by atoms with Gasteiger partial charge in [-0.15, -0.1) is 0 Å². The quantitative estimate of drug-likeness (QED) is 0.0258. The van der Waals surface area contributed by atoms with E-state index in [1.807, 2.05) is 21.1 Å². The van der Waals surface area contributed by atoms with Crippen molar-refractivity contribution in [3.63, 3.8) is 0 Å². The van der Waals surface area contributed by atoms with Crippen molar-refractivity contribution in [1.82, 2.24) is 5.32 Å². The number of quaternary nitrogens is 1. The van der Waals surface area contributed by atoms with Gasteiger partial charge in [-0.05, 0) is 44.9 Å². The number of carbonyl (C=O) groups is 1. The Labute approximate surface area is 303 Å². The summed E-state index contributed by atoms with van der Waals surface area (Å²) in [6.07, 6.45) is 36.2. The van der Waals surface area contributed by atoms with Crippen molar-refractivity contribution in [3.05, 3.63) is 24.3 Å². The van der Waals surface area contributed by atoms with Gasteiger partial charge >= 0.3 is 7.82 Å². The maximum absolute atomic E-state index is 12.8. The molecular formula is C40H80N2O6P+. The van der Waals surface area contributed by atoms with Gasteiger partial charge < -0.3 is 19.8 Å². The van der Waals surface area contributed by atoms with Gasteiger partial charge in [-0.2, -0.15) is 0 Å². The van der Waals surface area contributed by atoms with E-state index in [1.54, 1.807) is 0 Å². The van der Waals surface area contributed by atoms with E-state index in [-0.39, 0.29) is 19.1 Å². The minimum Gasteiger partial charge on any atom is -0.391 e. The van der Waals surface area contributed by atoms with Gasteiger partial charge in [-0.1, -0.05) is 147 Å². The monoisotopic (exact) mass is 716 g/mol. The average molecular weight is 716 g/mol. The van der Waals surface area contributed by atoms with Gasteiger partial charge in [0, 0.05) is 6.42 Å². The molecule has 0 aromatic heterocycles. The molecular weight excluding hydrogens is 635 g/mol. The summed E-state index contributed by atoms with van der Waals surface area (Å²) in [6, 6.07) is -0.763. The molecule has 3 unspecified atom stereocenters. The van der Waals surface area contributed by atoms with Crippen LogP contribution in [0.15, 0.2) is 24.3 Å². The molecule has 290 valence electrons. The Morgan fingerprint density at radius 3 is 1.71 bits per heavy atom. The number of phosphoric acid groups is 1. The van der Waals surface area contributed by atoms with Crippen LogP contribution in [0.1, 0.15) is 174 Å². The lowest BCUT2D eigenvalue weighted by molar-refractivity contribution is -0.870. The van der Waals surface area contributed by atoms with E-state index in [9.17, 15) is 19.4 Å².